The normalized spacial score (nSPS) is 17.4. The Labute approximate surface area is 128 Å². The molecule has 0 spiro atoms. The van der Waals surface area contributed by atoms with Crippen LogP contribution in [0.25, 0.3) is 0 Å². The zero-order valence-corrected chi connectivity index (χ0v) is 13.8. The Morgan fingerprint density at radius 2 is 1.95 bits per heavy atom. The minimum absolute atomic E-state index is 0.0586. The van der Waals surface area contributed by atoms with E-state index in [0.29, 0.717) is 6.54 Å². The van der Waals surface area contributed by atoms with Crippen LogP contribution in [0.15, 0.2) is 24.3 Å². The van der Waals surface area contributed by atoms with Crippen LogP contribution in [-0.4, -0.2) is 21.5 Å². The van der Waals surface area contributed by atoms with Crippen molar-refractivity contribution in [2.75, 3.05) is 13.1 Å². The topological polar surface area (TPSA) is 58.2 Å². The number of nitrogens with one attached hydrogen (secondary N) is 2. The molecule has 1 aliphatic rings. The molecule has 118 valence electrons. The molecular weight excluding hydrogens is 284 g/mol. The van der Waals surface area contributed by atoms with Gasteiger partial charge in [0.15, 0.2) is 0 Å². The van der Waals surface area contributed by atoms with Gasteiger partial charge in [-0.1, -0.05) is 44.5 Å². The number of hydrogen-bond donors (Lipinski definition) is 2. The highest BCUT2D eigenvalue weighted by molar-refractivity contribution is 7.88. The molecule has 1 aliphatic carbocycles. The summed E-state index contributed by atoms with van der Waals surface area (Å²) in [5.74, 6) is 0.0586. The average molecular weight is 310 g/mol. The molecule has 0 saturated heterocycles. The van der Waals surface area contributed by atoms with Gasteiger partial charge in [0, 0.05) is 13.1 Å². The van der Waals surface area contributed by atoms with Gasteiger partial charge in [-0.25, -0.2) is 13.1 Å². The largest absolute Gasteiger partial charge is 0.313 e. The highest BCUT2D eigenvalue weighted by Gasteiger charge is 2.32. The molecule has 0 bridgehead atoms. The van der Waals surface area contributed by atoms with Gasteiger partial charge in [-0.05, 0) is 35.9 Å². The van der Waals surface area contributed by atoms with Crippen molar-refractivity contribution in [3.63, 3.8) is 0 Å². The Morgan fingerprint density at radius 3 is 2.57 bits per heavy atom. The van der Waals surface area contributed by atoms with Crippen LogP contribution >= 0.6 is 0 Å². The van der Waals surface area contributed by atoms with E-state index < -0.39 is 10.0 Å². The summed E-state index contributed by atoms with van der Waals surface area (Å²) >= 11 is 0. The Balaban J connectivity index is 1.92. The van der Waals surface area contributed by atoms with Gasteiger partial charge in [-0.15, -0.1) is 0 Å². The second-order valence-corrected chi connectivity index (χ2v) is 8.15. The Kier molecular flexibility index (Phi) is 5.41. The molecule has 0 amide bonds. The van der Waals surface area contributed by atoms with Gasteiger partial charge in [-0.3, -0.25) is 0 Å². The predicted molar refractivity (Wildman–Crippen MR) is 86.4 cm³/mol. The fraction of sp³-hybridized carbons (Fsp3) is 0.625. The van der Waals surface area contributed by atoms with E-state index in [0.717, 1.165) is 37.1 Å². The molecule has 1 aromatic carbocycles. The summed E-state index contributed by atoms with van der Waals surface area (Å²) in [6, 6.07) is 7.78. The van der Waals surface area contributed by atoms with Crippen molar-refractivity contribution in [2.45, 2.75) is 45.4 Å². The van der Waals surface area contributed by atoms with Crippen molar-refractivity contribution in [3.05, 3.63) is 35.4 Å². The highest BCUT2D eigenvalue weighted by atomic mass is 32.2. The average Bonchev–Trinajstić information content (AvgIpc) is 2.41. The quantitative estimate of drug-likeness (QED) is 0.775. The SMILES string of the molecule is CCNCc1cccc(CS(=O)(=O)NCC2(C)CCC2)c1. The summed E-state index contributed by atoms with van der Waals surface area (Å²) in [4.78, 5) is 0. The van der Waals surface area contributed by atoms with Crippen LogP contribution in [0.1, 0.15) is 44.2 Å². The number of hydrogen-bond acceptors (Lipinski definition) is 3. The minimum atomic E-state index is -3.25. The first-order valence-electron chi connectivity index (χ1n) is 7.68. The van der Waals surface area contributed by atoms with E-state index in [9.17, 15) is 8.42 Å². The Morgan fingerprint density at radius 1 is 1.24 bits per heavy atom. The molecule has 2 rings (SSSR count). The first-order valence-corrected chi connectivity index (χ1v) is 9.34. The summed E-state index contributed by atoms with van der Waals surface area (Å²) in [5, 5.41) is 3.25. The molecule has 0 aromatic heterocycles. The van der Waals surface area contributed by atoms with Gasteiger partial charge in [0.25, 0.3) is 0 Å². The fourth-order valence-electron chi connectivity index (χ4n) is 2.61. The first-order chi connectivity index (χ1) is 9.92. The van der Waals surface area contributed by atoms with Crippen LogP contribution in [0.5, 0.6) is 0 Å². The van der Waals surface area contributed by atoms with Gasteiger partial charge in [0.1, 0.15) is 0 Å². The van der Waals surface area contributed by atoms with Crippen LogP contribution in [0.4, 0.5) is 0 Å². The van der Waals surface area contributed by atoms with Crippen LogP contribution in [0, 0.1) is 5.41 Å². The molecule has 1 fully saturated rings. The van der Waals surface area contributed by atoms with Crippen molar-refractivity contribution >= 4 is 10.0 Å². The van der Waals surface area contributed by atoms with E-state index in [1.807, 2.05) is 24.3 Å². The van der Waals surface area contributed by atoms with Gasteiger partial charge in [0.2, 0.25) is 10.0 Å². The molecule has 21 heavy (non-hydrogen) atoms. The number of sulfonamides is 1. The van der Waals surface area contributed by atoms with E-state index in [1.165, 1.54) is 6.42 Å². The lowest BCUT2D eigenvalue weighted by Crippen LogP contribution is -2.40. The lowest BCUT2D eigenvalue weighted by atomic mass is 9.71. The second kappa shape index (κ2) is 6.90. The molecule has 1 aromatic rings. The molecule has 0 unspecified atom stereocenters. The van der Waals surface area contributed by atoms with Crippen LogP contribution in [0.3, 0.4) is 0 Å². The van der Waals surface area contributed by atoms with Crippen LogP contribution in [-0.2, 0) is 22.3 Å². The summed E-state index contributed by atoms with van der Waals surface area (Å²) in [5.41, 5.74) is 2.13. The molecule has 0 atom stereocenters. The maximum atomic E-state index is 12.2. The van der Waals surface area contributed by atoms with E-state index in [-0.39, 0.29) is 11.2 Å². The lowest BCUT2D eigenvalue weighted by Gasteiger charge is -2.38. The summed E-state index contributed by atoms with van der Waals surface area (Å²) in [7, 11) is -3.25. The monoisotopic (exact) mass is 310 g/mol. The van der Waals surface area contributed by atoms with Crippen LogP contribution in [0.2, 0.25) is 0 Å². The summed E-state index contributed by atoms with van der Waals surface area (Å²) in [6.45, 7) is 6.44. The molecule has 5 heteroatoms. The standard InChI is InChI=1S/C16H26N2O2S/c1-3-17-11-14-6-4-7-15(10-14)12-21(19,20)18-13-16(2)8-5-9-16/h4,6-7,10,17-18H,3,5,8-9,11-13H2,1-2H3. The van der Waals surface area contributed by atoms with Crippen molar-refractivity contribution in [1.29, 1.82) is 0 Å². The minimum Gasteiger partial charge on any atom is -0.313 e. The van der Waals surface area contributed by atoms with Crippen LogP contribution < -0.4 is 10.0 Å². The zero-order chi connectivity index (χ0) is 15.3. The molecule has 0 heterocycles. The smallest absolute Gasteiger partial charge is 0.215 e. The van der Waals surface area contributed by atoms with Crippen molar-refractivity contribution in [3.8, 4) is 0 Å². The number of rotatable bonds is 8. The van der Waals surface area contributed by atoms with Gasteiger partial charge >= 0.3 is 0 Å². The van der Waals surface area contributed by atoms with Crippen molar-refractivity contribution in [1.82, 2.24) is 10.0 Å². The van der Waals surface area contributed by atoms with Crippen molar-refractivity contribution in [2.24, 2.45) is 5.41 Å². The maximum absolute atomic E-state index is 12.2. The Hall–Kier alpha value is -0.910. The fourth-order valence-corrected chi connectivity index (χ4v) is 3.90. The van der Waals surface area contributed by atoms with Crippen molar-refractivity contribution < 1.29 is 8.42 Å². The molecule has 0 aliphatic heterocycles. The molecule has 4 nitrogen and oxygen atoms in total. The Bertz CT molecular complexity index is 565. The third kappa shape index (κ3) is 5.09. The zero-order valence-electron chi connectivity index (χ0n) is 13.0. The van der Waals surface area contributed by atoms with Gasteiger partial charge in [0.05, 0.1) is 5.75 Å². The third-order valence-corrected chi connectivity index (χ3v) is 5.50. The highest BCUT2D eigenvalue weighted by Crippen LogP contribution is 2.39. The molecule has 1 saturated carbocycles. The molecule has 0 radical (unpaired) electrons. The molecule has 2 N–H and O–H groups in total. The van der Waals surface area contributed by atoms with E-state index in [1.54, 1.807) is 0 Å². The maximum Gasteiger partial charge on any atom is 0.215 e. The predicted octanol–water partition coefficient (Wildman–Crippen LogP) is 2.41. The van der Waals surface area contributed by atoms with E-state index >= 15 is 0 Å². The second-order valence-electron chi connectivity index (χ2n) is 6.34. The van der Waals surface area contributed by atoms with Gasteiger partial charge < -0.3 is 5.32 Å². The van der Waals surface area contributed by atoms with E-state index in [4.69, 9.17) is 0 Å². The van der Waals surface area contributed by atoms with E-state index in [2.05, 4.69) is 23.9 Å². The van der Waals surface area contributed by atoms with Gasteiger partial charge in [-0.2, -0.15) is 0 Å². The molecular formula is C16H26N2O2S. The summed E-state index contributed by atoms with van der Waals surface area (Å²) in [6.07, 6.45) is 3.45. The first kappa shape index (κ1) is 16.5. The lowest BCUT2D eigenvalue weighted by molar-refractivity contribution is 0.166. The third-order valence-electron chi connectivity index (χ3n) is 4.21. The number of benzene rings is 1. The summed E-state index contributed by atoms with van der Waals surface area (Å²) < 4.78 is 27.1.